The summed E-state index contributed by atoms with van der Waals surface area (Å²) in [6, 6.07) is 11.3. The molecule has 1 unspecified atom stereocenters. The fourth-order valence-electron chi connectivity index (χ4n) is 4.43. The molecule has 0 amide bonds. The molecule has 2 aromatic rings. The molecule has 0 aromatic heterocycles. The van der Waals surface area contributed by atoms with Crippen LogP contribution >= 0.6 is 0 Å². The lowest BCUT2D eigenvalue weighted by Gasteiger charge is -2.25. The molecule has 28 heavy (non-hydrogen) atoms. The number of nitrogens with zero attached hydrogens (tertiary/aromatic N) is 1. The molecular weight excluding hydrogens is 368 g/mol. The minimum atomic E-state index is -1.12. The van der Waals surface area contributed by atoms with Crippen LogP contribution in [0.25, 0.3) is 0 Å². The average molecular weight is 391 g/mol. The molecule has 1 saturated carbocycles. The molecule has 2 fully saturated rings. The first kappa shape index (κ1) is 19.1. The van der Waals surface area contributed by atoms with Gasteiger partial charge >= 0.3 is 0 Å². The van der Waals surface area contributed by atoms with Gasteiger partial charge in [0, 0.05) is 32.0 Å². The number of para-hydroxylation sites is 1. The van der Waals surface area contributed by atoms with Crippen molar-refractivity contribution in [3.05, 3.63) is 59.7 Å². The summed E-state index contributed by atoms with van der Waals surface area (Å²) >= 11 is 0. The molecule has 2 aliphatic rings. The van der Waals surface area contributed by atoms with Crippen LogP contribution in [0.2, 0.25) is 0 Å². The first-order chi connectivity index (χ1) is 13.3. The van der Waals surface area contributed by atoms with Crippen LogP contribution in [-0.2, 0) is 0 Å². The summed E-state index contributed by atoms with van der Waals surface area (Å²) in [4.78, 5) is 1.90. The topological polar surface area (TPSA) is 73.2 Å². The van der Waals surface area contributed by atoms with Crippen LogP contribution in [0.4, 0.5) is 8.78 Å². The maximum Gasteiger partial charge on any atom is 0.187 e. The Morgan fingerprint density at radius 3 is 2.50 bits per heavy atom. The highest BCUT2D eigenvalue weighted by Crippen LogP contribution is 2.43. The van der Waals surface area contributed by atoms with Crippen molar-refractivity contribution in [3.63, 3.8) is 0 Å². The zero-order valence-corrected chi connectivity index (χ0v) is 15.3. The van der Waals surface area contributed by atoms with E-state index in [-0.39, 0.29) is 24.1 Å². The molecule has 1 aliphatic carbocycles. The summed E-state index contributed by atoms with van der Waals surface area (Å²) in [7, 11) is 0. The molecule has 1 aliphatic heterocycles. The van der Waals surface area contributed by atoms with Crippen LogP contribution in [0.5, 0.6) is 11.5 Å². The van der Waals surface area contributed by atoms with E-state index in [2.05, 4.69) is 0 Å². The van der Waals surface area contributed by atoms with Crippen molar-refractivity contribution in [2.75, 3.05) is 19.6 Å². The van der Waals surface area contributed by atoms with Gasteiger partial charge in [0.1, 0.15) is 11.9 Å². The normalized spacial score (nSPS) is 28.3. The van der Waals surface area contributed by atoms with Gasteiger partial charge in [0.2, 0.25) is 0 Å². The molecule has 0 spiro atoms. The number of ether oxygens (including phenoxy) is 1. The first-order valence-corrected chi connectivity index (χ1v) is 9.36. The molecule has 0 radical (unpaired) electrons. The van der Waals surface area contributed by atoms with Crippen LogP contribution < -0.4 is 4.74 Å². The fourth-order valence-corrected chi connectivity index (χ4v) is 4.43. The quantitative estimate of drug-likeness (QED) is 0.731. The third-order valence-electron chi connectivity index (χ3n) is 5.77. The molecule has 2 aromatic carbocycles. The van der Waals surface area contributed by atoms with Gasteiger partial charge in [0.15, 0.2) is 17.4 Å². The summed E-state index contributed by atoms with van der Waals surface area (Å²) in [6.07, 6.45) is 0.0235. The molecule has 0 bridgehead atoms. The highest BCUT2D eigenvalue weighted by molar-refractivity contribution is 5.31. The van der Waals surface area contributed by atoms with E-state index in [1.165, 1.54) is 0 Å². The van der Waals surface area contributed by atoms with Gasteiger partial charge in [-0.3, -0.25) is 4.90 Å². The van der Waals surface area contributed by atoms with Crippen LogP contribution in [0.1, 0.15) is 24.5 Å². The monoisotopic (exact) mass is 391 g/mol. The lowest BCUT2D eigenvalue weighted by atomic mass is 9.95. The Bertz CT molecular complexity index is 827. The number of fused-ring (bicyclic) bond motifs is 1. The van der Waals surface area contributed by atoms with Gasteiger partial charge in [0.25, 0.3) is 0 Å². The first-order valence-electron chi connectivity index (χ1n) is 9.36. The average Bonchev–Trinajstić information content (AvgIpc) is 3.10. The van der Waals surface area contributed by atoms with Crippen molar-refractivity contribution < 1.29 is 28.8 Å². The van der Waals surface area contributed by atoms with Crippen LogP contribution in [-0.4, -0.2) is 51.6 Å². The van der Waals surface area contributed by atoms with Gasteiger partial charge in [-0.2, -0.15) is 0 Å². The van der Waals surface area contributed by atoms with E-state index in [1.54, 1.807) is 0 Å². The van der Waals surface area contributed by atoms with Crippen molar-refractivity contribution in [1.82, 2.24) is 4.90 Å². The number of aliphatic hydroxyl groups excluding tert-OH is 1. The van der Waals surface area contributed by atoms with E-state index >= 15 is 0 Å². The zero-order chi connectivity index (χ0) is 19.9. The number of β-amino-alcohol motifs (C(OH)–C–C–N with tert-alkyl or cyclic N) is 2. The lowest BCUT2D eigenvalue weighted by Crippen LogP contribution is -2.36. The van der Waals surface area contributed by atoms with E-state index in [0.717, 1.165) is 17.9 Å². The van der Waals surface area contributed by atoms with Crippen LogP contribution in [0.15, 0.2) is 42.5 Å². The summed E-state index contributed by atoms with van der Waals surface area (Å²) in [6.45, 7) is 1.09. The van der Waals surface area contributed by atoms with E-state index in [9.17, 15) is 24.1 Å². The van der Waals surface area contributed by atoms with Gasteiger partial charge in [-0.05, 0) is 36.2 Å². The molecule has 7 heteroatoms. The van der Waals surface area contributed by atoms with Gasteiger partial charge < -0.3 is 20.1 Å². The largest absolute Gasteiger partial charge is 0.503 e. The highest BCUT2D eigenvalue weighted by atomic mass is 19.1. The Labute approximate surface area is 161 Å². The predicted octanol–water partition coefficient (Wildman–Crippen LogP) is 2.61. The second-order valence-electron chi connectivity index (χ2n) is 7.84. The van der Waals surface area contributed by atoms with Gasteiger partial charge in [0.05, 0.1) is 11.7 Å². The summed E-state index contributed by atoms with van der Waals surface area (Å²) in [5.74, 6) is -2.47. The lowest BCUT2D eigenvalue weighted by molar-refractivity contribution is 0.0178. The second-order valence-corrected chi connectivity index (χ2v) is 7.84. The molecule has 3 N–H and O–H groups in total. The number of rotatable bonds is 5. The number of phenols is 1. The maximum absolute atomic E-state index is 13.5. The Balaban J connectivity index is 1.36. The van der Waals surface area contributed by atoms with E-state index < -0.39 is 29.1 Å². The number of aliphatic hydroxyl groups is 2. The van der Waals surface area contributed by atoms with Crippen LogP contribution in [0.3, 0.4) is 0 Å². The fraction of sp³-hybridized carbons (Fsp3) is 0.429. The molecule has 1 saturated heterocycles. The van der Waals surface area contributed by atoms with Gasteiger partial charge in [-0.1, -0.05) is 18.2 Å². The summed E-state index contributed by atoms with van der Waals surface area (Å²) in [5.41, 5.74) is -0.841. The minimum Gasteiger partial charge on any atom is -0.503 e. The van der Waals surface area contributed by atoms with Crippen molar-refractivity contribution >= 4 is 0 Å². The highest BCUT2D eigenvalue weighted by Gasteiger charge is 2.52. The van der Waals surface area contributed by atoms with Crippen molar-refractivity contribution in [1.29, 1.82) is 0 Å². The van der Waals surface area contributed by atoms with Gasteiger partial charge in [-0.25, -0.2) is 8.78 Å². The number of aromatic hydroxyl groups is 1. The third kappa shape index (κ3) is 3.70. The van der Waals surface area contributed by atoms with Crippen molar-refractivity contribution in [3.8, 4) is 11.5 Å². The van der Waals surface area contributed by atoms with E-state index in [4.69, 9.17) is 4.74 Å². The summed E-state index contributed by atoms with van der Waals surface area (Å²) < 4.78 is 33.0. The number of phenolic OH excluding ortho intramolecular Hbond substituents is 1. The summed E-state index contributed by atoms with van der Waals surface area (Å²) in [5, 5.41) is 30.5. The SMILES string of the molecule is Oc1c(F)cc(C(O)CN2C[C@@H]3C[C@@H](Oc4ccccc4)C[C@]3(O)C2)cc1F. The standard InChI is InChI=1S/C21H23F2NO4/c22-17-6-13(7-18(23)20(17)26)19(25)11-24-10-14-8-16(9-21(14,27)12-24)28-15-4-2-1-3-5-15/h1-7,14,16,19,25-27H,8-12H2/t14-,16+,19?,21-/m0/s1. The molecular formula is C21H23F2NO4. The third-order valence-corrected chi connectivity index (χ3v) is 5.77. The predicted molar refractivity (Wildman–Crippen MR) is 98.0 cm³/mol. The number of hydrogen-bond acceptors (Lipinski definition) is 5. The minimum absolute atomic E-state index is 0.0155. The van der Waals surface area contributed by atoms with Crippen molar-refractivity contribution in [2.24, 2.45) is 5.92 Å². The molecule has 150 valence electrons. The Hall–Kier alpha value is -2.22. The Kier molecular flexibility index (Phi) is 4.99. The van der Waals surface area contributed by atoms with E-state index in [1.807, 2.05) is 35.2 Å². The zero-order valence-electron chi connectivity index (χ0n) is 15.3. The molecule has 4 atom stereocenters. The second kappa shape index (κ2) is 7.31. The molecule has 5 nitrogen and oxygen atoms in total. The number of likely N-dealkylation sites (tertiary alicyclic amines) is 1. The molecule has 1 heterocycles. The maximum atomic E-state index is 13.5. The van der Waals surface area contributed by atoms with Crippen molar-refractivity contribution in [2.45, 2.75) is 30.7 Å². The van der Waals surface area contributed by atoms with Gasteiger partial charge in [-0.15, -0.1) is 0 Å². The smallest absolute Gasteiger partial charge is 0.187 e. The number of halogens is 2. The van der Waals surface area contributed by atoms with Crippen LogP contribution in [0, 0.1) is 17.6 Å². The number of benzene rings is 2. The molecule has 4 rings (SSSR count). The Morgan fingerprint density at radius 2 is 1.86 bits per heavy atom. The number of hydrogen-bond donors (Lipinski definition) is 3. The van der Waals surface area contributed by atoms with E-state index in [0.29, 0.717) is 25.9 Å². The Morgan fingerprint density at radius 1 is 1.18 bits per heavy atom.